The Labute approximate surface area is 118 Å². The van der Waals surface area contributed by atoms with Crippen LogP contribution < -0.4 is 10.6 Å². The van der Waals surface area contributed by atoms with Gasteiger partial charge in [-0.2, -0.15) is 0 Å². The molecule has 5 heteroatoms. The maximum absolute atomic E-state index is 12.3. The van der Waals surface area contributed by atoms with Crippen LogP contribution in [0.15, 0.2) is 24.3 Å². The van der Waals surface area contributed by atoms with Crippen molar-refractivity contribution in [1.82, 2.24) is 15.5 Å². The van der Waals surface area contributed by atoms with Gasteiger partial charge in [-0.25, -0.2) is 0 Å². The smallest absolute Gasteiger partial charge is 0.261 e. The molecule has 0 saturated carbocycles. The zero-order valence-corrected chi connectivity index (χ0v) is 11.8. The molecule has 0 unspecified atom stereocenters. The van der Waals surface area contributed by atoms with Crippen molar-refractivity contribution >= 4 is 11.8 Å². The van der Waals surface area contributed by atoms with E-state index in [0.29, 0.717) is 17.7 Å². The first kappa shape index (κ1) is 13.3. The molecular weight excluding hydrogens is 254 g/mol. The summed E-state index contributed by atoms with van der Waals surface area (Å²) < 4.78 is 0. The lowest BCUT2D eigenvalue weighted by Crippen LogP contribution is -2.63. The molecule has 20 heavy (non-hydrogen) atoms. The van der Waals surface area contributed by atoms with Crippen LogP contribution >= 0.6 is 0 Å². The lowest BCUT2D eigenvalue weighted by atomic mass is 10.00. The third kappa shape index (κ3) is 2.23. The fourth-order valence-corrected chi connectivity index (χ4v) is 2.95. The first-order valence-electron chi connectivity index (χ1n) is 6.91. The molecule has 5 nitrogen and oxygen atoms in total. The van der Waals surface area contributed by atoms with E-state index in [0.717, 1.165) is 13.1 Å². The van der Waals surface area contributed by atoms with Gasteiger partial charge in [0, 0.05) is 31.2 Å². The van der Waals surface area contributed by atoms with Crippen molar-refractivity contribution in [2.45, 2.75) is 25.4 Å². The van der Waals surface area contributed by atoms with E-state index in [1.165, 1.54) is 4.90 Å². The van der Waals surface area contributed by atoms with Gasteiger partial charge in [-0.3, -0.25) is 14.5 Å². The number of imide groups is 1. The van der Waals surface area contributed by atoms with Crippen LogP contribution in [0.4, 0.5) is 0 Å². The molecule has 0 aromatic heterocycles. The summed E-state index contributed by atoms with van der Waals surface area (Å²) in [4.78, 5) is 26.0. The zero-order valence-electron chi connectivity index (χ0n) is 11.8. The number of benzene rings is 1. The fraction of sp³-hybridized carbons (Fsp3) is 0.467. The summed E-state index contributed by atoms with van der Waals surface area (Å²) in [7, 11) is 0. The van der Waals surface area contributed by atoms with E-state index in [9.17, 15) is 9.59 Å². The molecule has 2 amide bonds. The number of hydrogen-bond donors (Lipinski definition) is 2. The second kappa shape index (κ2) is 4.68. The number of piperazine rings is 1. The lowest BCUT2D eigenvalue weighted by molar-refractivity contribution is 0.0623. The monoisotopic (exact) mass is 273 g/mol. The van der Waals surface area contributed by atoms with Crippen molar-refractivity contribution in [2.75, 3.05) is 19.6 Å². The van der Waals surface area contributed by atoms with Crippen LogP contribution in [0.1, 0.15) is 34.6 Å². The van der Waals surface area contributed by atoms with Crippen LogP contribution in [0.5, 0.6) is 0 Å². The summed E-state index contributed by atoms with van der Waals surface area (Å²) in [5, 5.41) is 6.82. The SMILES string of the molecule is CC1(C)CNC[C@@H](CN2C(=O)c3ccccc3C2=O)N1. The van der Waals surface area contributed by atoms with Gasteiger partial charge in [0.25, 0.3) is 11.8 Å². The first-order valence-corrected chi connectivity index (χ1v) is 6.91. The molecule has 0 radical (unpaired) electrons. The van der Waals surface area contributed by atoms with Crippen LogP contribution in [-0.2, 0) is 0 Å². The molecule has 1 fully saturated rings. The number of carbonyl (C=O) groups excluding carboxylic acids is 2. The molecule has 2 aliphatic heterocycles. The van der Waals surface area contributed by atoms with E-state index < -0.39 is 0 Å². The second-order valence-electron chi connectivity index (χ2n) is 6.12. The minimum atomic E-state index is -0.184. The lowest BCUT2D eigenvalue weighted by Gasteiger charge is -2.38. The number of nitrogens with zero attached hydrogens (tertiary/aromatic N) is 1. The molecule has 2 aliphatic rings. The highest BCUT2D eigenvalue weighted by atomic mass is 16.2. The van der Waals surface area contributed by atoms with Gasteiger partial charge in [0.2, 0.25) is 0 Å². The topological polar surface area (TPSA) is 61.4 Å². The largest absolute Gasteiger partial charge is 0.313 e. The number of amides is 2. The van der Waals surface area contributed by atoms with Crippen LogP contribution in [-0.4, -0.2) is 47.9 Å². The summed E-state index contributed by atoms with van der Waals surface area (Å²) in [5.74, 6) is -0.369. The average molecular weight is 273 g/mol. The Morgan fingerprint density at radius 3 is 2.35 bits per heavy atom. The van der Waals surface area contributed by atoms with Gasteiger partial charge in [-0.15, -0.1) is 0 Å². The van der Waals surface area contributed by atoms with Crippen LogP contribution in [0.3, 0.4) is 0 Å². The summed E-state index contributed by atoms with van der Waals surface area (Å²) in [6, 6.07) is 7.09. The highest BCUT2D eigenvalue weighted by Gasteiger charge is 2.37. The summed E-state index contributed by atoms with van der Waals surface area (Å²) >= 11 is 0. The van der Waals surface area contributed by atoms with Gasteiger partial charge in [-0.05, 0) is 26.0 Å². The maximum atomic E-state index is 12.3. The molecule has 0 spiro atoms. The van der Waals surface area contributed by atoms with Crippen molar-refractivity contribution in [3.8, 4) is 0 Å². The normalized spacial score (nSPS) is 24.9. The Bertz CT molecular complexity index is 533. The van der Waals surface area contributed by atoms with Crippen molar-refractivity contribution in [3.63, 3.8) is 0 Å². The van der Waals surface area contributed by atoms with Crippen molar-refractivity contribution in [3.05, 3.63) is 35.4 Å². The highest BCUT2D eigenvalue weighted by molar-refractivity contribution is 6.21. The van der Waals surface area contributed by atoms with Crippen LogP contribution in [0.2, 0.25) is 0 Å². The predicted molar refractivity (Wildman–Crippen MR) is 75.7 cm³/mol. The maximum Gasteiger partial charge on any atom is 0.261 e. The Hall–Kier alpha value is -1.72. The second-order valence-corrected chi connectivity index (χ2v) is 6.12. The summed E-state index contributed by atoms with van der Waals surface area (Å²) in [5.41, 5.74) is 1.00. The van der Waals surface area contributed by atoms with Crippen molar-refractivity contribution in [2.24, 2.45) is 0 Å². The Morgan fingerprint density at radius 1 is 1.20 bits per heavy atom. The van der Waals surface area contributed by atoms with E-state index in [4.69, 9.17) is 0 Å². The third-order valence-electron chi connectivity index (χ3n) is 3.83. The molecule has 2 heterocycles. The Balaban J connectivity index is 1.77. The molecular formula is C15H19N3O2. The van der Waals surface area contributed by atoms with Gasteiger partial charge in [0.1, 0.15) is 0 Å². The van der Waals surface area contributed by atoms with E-state index >= 15 is 0 Å². The predicted octanol–water partition coefficient (Wildman–Crippen LogP) is 0.623. The van der Waals surface area contributed by atoms with E-state index in [1.807, 2.05) is 0 Å². The van der Waals surface area contributed by atoms with Crippen LogP contribution in [0, 0.1) is 0 Å². The van der Waals surface area contributed by atoms with E-state index in [1.54, 1.807) is 24.3 Å². The minimum Gasteiger partial charge on any atom is -0.313 e. The fourth-order valence-electron chi connectivity index (χ4n) is 2.95. The standard InChI is InChI=1S/C15H19N3O2/c1-15(2)9-16-7-10(17-15)8-18-13(19)11-5-3-4-6-12(11)14(18)20/h3-6,10,16-17H,7-9H2,1-2H3/t10-/m0/s1. The van der Waals surface area contributed by atoms with Crippen molar-refractivity contribution < 1.29 is 9.59 Å². The number of hydrogen-bond acceptors (Lipinski definition) is 4. The van der Waals surface area contributed by atoms with Gasteiger partial charge in [0.15, 0.2) is 0 Å². The van der Waals surface area contributed by atoms with Crippen LogP contribution in [0.25, 0.3) is 0 Å². The van der Waals surface area contributed by atoms with Gasteiger partial charge >= 0.3 is 0 Å². The quantitative estimate of drug-likeness (QED) is 0.776. The van der Waals surface area contributed by atoms with E-state index in [2.05, 4.69) is 24.5 Å². The number of rotatable bonds is 2. The number of fused-ring (bicyclic) bond motifs is 1. The molecule has 1 saturated heterocycles. The van der Waals surface area contributed by atoms with E-state index in [-0.39, 0.29) is 23.4 Å². The average Bonchev–Trinajstić information content (AvgIpc) is 2.64. The molecule has 3 rings (SSSR count). The molecule has 0 aliphatic carbocycles. The van der Waals surface area contributed by atoms with Gasteiger partial charge < -0.3 is 10.6 Å². The minimum absolute atomic E-state index is 0.0262. The van der Waals surface area contributed by atoms with Gasteiger partial charge in [-0.1, -0.05) is 12.1 Å². The number of carbonyl (C=O) groups is 2. The Kier molecular flexibility index (Phi) is 3.11. The van der Waals surface area contributed by atoms with Gasteiger partial charge in [0.05, 0.1) is 11.1 Å². The molecule has 1 atom stereocenters. The third-order valence-corrected chi connectivity index (χ3v) is 3.83. The summed E-state index contributed by atoms with van der Waals surface area (Å²) in [6.07, 6.45) is 0. The molecule has 1 aromatic carbocycles. The highest BCUT2D eigenvalue weighted by Crippen LogP contribution is 2.23. The van der Waals surface area contributed by atoms with Crippen molar-refractivity contribution in [1.29, 1.82) is 0 Å². The first-order chi connectivity index (χ1) is 9.48. The molecule has 0 bridgehead atoms. The molecule has 1 aromatic rings. The summed E-state index contributed by atoms with van der Waals surface area (Å²) in [6.45, 7) is 6.26. The molecule has 2 N–H and O–H groups in total. The molecule has 106 valence electrons. The Morgan fingerprint density at radius 2 is 1.80 bits per heavy atom. The zero-order chi connectivity index (χ0) is 14.3. The number of nitrogens with one attached hydrogen (secondary N) is 2.